The Morgan fingerprint density at radius 1 is 1.14 bits per heavy atom. The number of methoxy groups -OCH3 is 1. The van der Waals surface area contributed by atoms with E-state index in [2.05, 4.69) is 21.6 Å². The smallest absolute Gasteiger partial charge is 0.234 e. The normalized spacial score (nSPS) is 10.6. The van der Waals surface area contributed by atoms with Crippen LogP contribution in [0.2, 0.25) is 0 Å². The molecule has 0 fully saturated rings. The van der Waals surface area contributed by atoms with Crippen molar-refractivity contribution in [2.45, 2.75) is 25.6 Å². The van der Waals surface area contributed by atoms with Gasteiger partial charge in [0.05, 0.1) is 12.9 Å². The van der Waals surface area contributed by atoms with Crippen molar-refractivity contribution in [3.8, 4) is 11.5 Å². The predicted molar refractivity (Wildman–Crippen MR) is 113 cm³/mol. The molecule has 1 heterocycles. The van der Waals surface area contributed by atoms with E-state index in [0.29, 0.717) is 22.5 Å². The number of benzene rings is 2. The van der Waals surface area contributed by atoms with Gasteiger partial charge in [-0.05, 0) is 49.2 Å². The number of rotatable bonds is 8. The number of carbonyl (C=O) groups excluding carboxylic acids is 1. The van der Waals surface area contributed by atoms with Crippen LogP contribution in [0.3, 0.4) is 0 Å². The first-order valence-electron chi connectivity index (χ1n) is 8.92. The molecule has 0 bridgehead atoms. The molecule has 0 aliphatic heterocycles. The van der Waals surface area contributed by atoms with Crippen molar-refractivity contribution in [2.75, 3.05) is 24.0 Å². The van der Waals surface area contributed by atoms with Gasteiger partial charge in [-0.15, -0.1) is 10.2 Å². The molecule has 3 aromatic rings. The van der Waals surface area contributed by atoms with E-state index in [1.807, 2.05) is 44.2 Å². The van der Waals surface area contributed by atoms with Gasteiger partial charge in [-0.3, -0.25) is 4.79 Å². The molecule has 0 saturated carbocycles. The number of nitrogens with two attached hydrogens (primary N) is 1. The second-order valence-electron chi connectivity index (χ2n) is 6.45. The van der Waals surface area contributed by atoms with Crippen LogP contribution in [0.25, 0.3) is 0 Å². The van der Waals surface area contributed by atoms with Gasteiger partial charge in [0.2, 0.25) is 11.1 Å². The molecule has 0 aliphatic carbocycles. The number of nitrogens with zero attached hydrogens (tertiary/aromatic N) is 3. The van der Waals surface area contributed by atoms with Crippen molar-refractivity contribution in [1.29, 1.82) is 0 Å². The van der Waals surface area contributed by atoms with Gasteiger partial charge >= 0.3 is 0 Å². The number of ether oxygens (including phenoxy) is 2. The number of aromatic nitrogens is 3. The van der Waals surface area contributed by atoms with Crippen molar-refractivity contribution >= 4 is 23.4 Å². The lowest BCUT2D eigenvalue weighted by atomic mass is 10.1. The van der Waals surface area contributed by atoms with Crippen LogP contribution in [0.4, 0.5) is 5.69 Å². The highest BCUT2D eigenvalue weighted by Gasteiger charge is 2.13. The van der Waals surface area contributed by atoms with Crippen LogP contribution in [-0.4, -0.2) is 33.6 Å². The molecule has 152 valence electrons. The zero-order valence-electron chi connectivity index (χ0n) is 16.5. The average Bonchev–Trinajstić information content (AvgIpc) is 3.03. The van der Waals surface area contributed by atoms with Gasteiger partial charge < -0.3 is 20.6 Å². The minimum atomic E-state index is -0.141. The van der Waals surface area contributed by atoms with Gasteiger partial charge in [-0.2, -0.15) is 0 Å². The Kier molecular flexibility index (Phi) is 6.61. The first-order valence-corrected chi connectivity index (χ1v) is 9.90. The topological polar surface area (TPSA) is 104 Å². The molecular weight excluding hydrogens is 390 g/mol. The predicted octanol–water partition coefficient (Wildman–Crippen LogP) is 2.93. The van der Waals surface area contributed by atoms with Crippen LogP contribution in [0.5, 0.6) is 11.5 Å². The molecule has 0 spiro atoms. The molecule has 8 nitrogen and oxygen atoms in total. The standard InChI is InChI=1S/C20H23N5O3S/c1-13-7-14(2)9-15(8-13)22-19(26)12-29-20-24-23-18(25(20)21)11-28-17-6-4-5-16(10-17)27-3/h4-10H,11-12,21H2,1-3H3,(H,22,26). The van der Waals surface area contributed by atoms with Crippen LogP contribution in [-0.2, 0) is 11.4 Å². The molecule has 29 heavy (non-hydrogen) atoms. The Bertz CT molecular complexity index is 985. The van der Waals surface area contributed by atoms with Crippen molar-refractivity contribution in [3.05, 3.63) is 59.4 Å². The Morgan fingerprint density at radius 3 is 2.59 bits per heavy atom. The maximum atomic E-state index is 12.2. The van der Waals surface area contributed by atoms with Gasteiger partial charge in [-0.25, -0.2) is 4.68 Å². The molecule has 0 saturated heterocycles. The van der Waals surface area contributed by atoms with Crippen LogP contribution in [0, 0.1) is 13.8 Å². The van der Waals surface area contributed by atoms with Crippen molar-refractivity contribution in [2.24, 2.45) is 0 Å². The highest BCUT2D eigenvalue weighted by atomic mass is 32.2. The number of thioether (sulfide) groups is 1. The van der Waals surface area contributed by atoms with Gasteiger partial charge in [0, 0.05) is 11.8 Å². The zero-order valence-corrected chi connectivity index (χ0v) is 17.3. The average molecular weight is 414 g/mol. The number of nitrogen functional groups attached to an aromatic ring is 1. The Morgan fingerprint density at radius 2 is 1.86 bits per heavy atom. The molecule has 0 aliphatic rings. The SMILES string of the molecule is COc1cccc(OCc2nnc(SCC(=O)Nc3cc(C)cc(C)c3)n2N)c1. The van der Waals surface area contributed by atoms with Crippen LogP contribution in [0.15, 0.2) is 47.6 Å². The first-order chi connectivity index (χ1) is 13.9. The van der Waals surface area contributed by atoms with E-state index >= 15 is 0 Å². The third-order valence-electron chi connectivity index (χ3n) is 3.98. The summed E-state index contributed by atoms with van der Waals surface area (Å²) in [5.74, 6) is 7.84. The Labute approximate surface area is 173 Å². The number of hydrogen-bond donors (Lipinski definition) is 2. The maximum Gasteiger partial charge on any atom is 0.234 e. The third-order valence-corrected chi connectivity index (χ3v) is 4.93. The summed E-state index contributed by atoms with van der Waals surface area (Å²) in [4.78, 5) is 12.2. The quantitative estimate of drug-likeness (QED) is 0.432. The third kappa shape index (κ3) is 5.64. The summed E-state index contributed by atoms with van der Waals surface area (Å²) in [7, 11) is 1.59. The first kappa shape index (κ1) is 20.5. The van der Waals surface area contributed by atoms with E-state index in [1.54, 1.807) is 13.2 Å². The highest BCUT2D eigenvalue weighted by molar-refractivity contribution is 7.99. The molecule has 0 atom stereocenters. The molecule has 1 aromatic heterocycles. The van der Waals surface area contributed by atoms with Crippen molar-refractivity contribution < 1.29 is 14.3 Å². The summed E-state index contributed by atoms with van der Waals surface area (Å²) in [5, 5.41) is 11.4. The van der Waals surface area contributed by atoms with Crippen molar-refractivity contribution in [1.82, 2.24) is 14.9 Å². The molecule has 3 rings (SSSR count). The second-order valence-corrected chi connectivity index (χ2v) is 7.39. The maximum absolute atomic E-state index is 12.2. The van der Waals surface area contributed by atoms with Crippen LogP contribution >= 0.6 is 11.8 Å². The molecule has 0 radical (unpaired) electrons. The van der Waals surface area contributed by atoms with Crippen molar-refractivity contribution in [3.63, 3.8) is 0 Å². The number of nitrogens with one attached hydrogen (secondary N) is 1. The van der Waals surface area contributed by atoms with Gasteiger partial charge in [-0.1, -0.05) is 23.9 Å². The van der Waals surface area contributed by atoms with Gasteiger partial charge in [0.15, 0.2) is 5.82 Å². The lowest BCUT2D eigenvalue weighted by Gasteiger charge is -2.08. The highest BCUT2D eigenvalue weighted by Crippen LogP contribution is 2.21. The van der Waals surface area contributed by atoms with E-state index in [-0.39, 0.29) is 18.3 Å². The number of hydrogen-bond acceptors (Lipinski definition) is 7. The van der Waals surface area contributed by atoms with E-state index in [0.717, 1.165) is 16.8 Å². The zero-order chi connectivity index (χ0) is 20.8. The monoisotopic (exact) mass is 413 g/mol. The van der Waals surface area contributed by atoms with Crippen LogP contribution in [0.1, 0.15) is 17.0 Å². The molecule has 9 heteroatoms. The van der Waals surface area contributed by atoms with E-state index in [4.69, 9.17) is 15.3 Å². The minimum absolute atomic E-state index is 0.141. The summed E-state index contributed by atoms with van der Waals surface area (Å²) >= 11 is 1.21. The summed E-state index contributed by atoms with van der Waals surface area (Å²) in [5.41, 5.74) is 2.96. The second kappa shape index (κ2) is 9.33. The Hall–Kier alpha value is -3.20. The molecule has 3 N–H and O–H groups in total. The Balaban J connectivity index is 1.54. The van der Waals surface area contributed by atoms with E-state index in [1.165, 1.54) is 16.4 Å². The summed E-state index contributed by atoms with van der Waals surface area (Å²) in [6.45, 7) is 4.12. The fourth-order valence-electron chi connectivity index (χ4n) is 2.72. The largest absolute Gasteiger partial charge is 0.497 e. The lowest BCUT2D eigenvalue weighted by Crippen LogP contribution is -2.18. The number of aryl methyl sites for hydroxylation is 2. The summed E-state index contributed by atoms with van der Waals surface area (Å²) in [6, 6.07) is 13.1. The van der Waals surface area contributed by atoms with Crippen LogP contribution < -0.4 is 20.6 Å². The van der Waals surface area contributed by atoms with E-state index < -0.39 is 0 Å². The summed E-state index contributed by atoms with van der Waals surface area (Å²) in [6.07, 6.45) is 0. The van der Waals surface area contributed by atoms with Gasteiger partial charge in [0.1, 0.15) is 18.1 Å². The number of carbonyl (C=O) groups is 1. The molecule has 0 unspecified atom stereocenters. The molecule has 2 aromatic carbocycles. The summed E-state index contributed by atoms with van der Waals surface area (Å²) < 4.78 is 12.2. The molecule has 1 amide bonds. The number of amides is 1. The minimum Gasteiger partial charge on any atom is -0.497 e. The molecular formula is C20H23N5O3S. The fourth-order valence-corrected chi connectivity index (χ4v) is 3.39. The number of anilines is 1. The van der Waals surface area contributed by atoms with E-state index in [9.17, 15) is 4.79 Å². The lowest BCUT2D eigenvalue weighted by molar-refractivity contribution is -0.113. The fraction of sp³-hybridized carbons (Fsp3) is 0.250. The van der Waals surface area contributed by atoms with Gasteiger partial charge in [0.25, 0.3) is 0 Å².